The fourth-order valence-corrected chi connectivity index (χ4v) is 0.895. The summed E-state index contributed by atoms with van der Waals surface area (Å²) in [5.74, 6) is 0. The van der Waals surface area contributed by atoms with E-state index >= 15 is 0 Å². The average Bonchev–Trinajstić information content (AvgIpc) is 2.07. The number of urea groups is 1. The van der Waals surface area contributed by atoms with Crippen molar-refractivity contribution < 1.29 is 14.5 Å². The molecule has 0 aliphatic carbocycles. The molecule has 1 fully saturated rings. The van der Waals surface area contributed by atoms with E-state index in [0.29, 0.717) is 13.2 Å². The fourth-order valence-electron chi connectivity index (χ4n) is 0.895. The molecular weight excluding hydrogens is 148 g/mol. The third kappa shape index (κ3) is 2.36. The lowest BCUT2D eigenvalue weighted by Gasteiger charge is -2.25. The highest BCUT2D eigenvalue weighted by Crippen LogP contribution is 2.04. The minimum atomic E-state index is -0.341. The lowest BCUT2D eigenvalue weighted by atomic mass is 10.3. The summed E-state index contributed by atoms with van der Waals surface area (Å²) in [6.07, 6.45) is 1.99. The molecule has 0 bridgehead atoms. The normalized spacial score (nSPS) is 18.1. The second-order valence-electron chi connectivity index (χ2n) is 2.25. The van der Waals surface area contributed by atoms with Crippen LogP contribution in [-0.2, 0) is 9.68 Å². The van der Waals surface area contributed by atoms with Crippen molar-refractivity contribution in [3.63, 3.8) is 0 Å². The Labute approximate surface area is 65.2 Å². The van der Waals surface area contributed by atoms with Crippen molar-refractivity contribution in [2.75, 3.05) is 20.3 Å². The van der Waals surface area contributed by atoms with E-state index in [2.05, 4.69) is 10.3 Å². The molecule has 5 heteroatoms. The number of carbonyl (C=O) groups excluding carboxylic acids is 1. The highest BCUT2D eigenvalue weighted by Gasteiger charge is 2.16. The summed E-state index contributed by atoms with van der Waals surface area (Å²) in [7, 11) is 1.39. The van der Waals surface area contributed by atoms with Gasteiger partial charge in [0.25, 0.3) is 0 Å². The molecule has 1 saturated heterocycles. The highest BCUT2D eigenvalue weighted by atomic mass is 16.7. The van der Waals surface area contributed by atoms with E-state index < -0.39 is 0 Å². The van der Waals surface area contributed by atoms with Crippen molar-refractivity contribution in [1.82, 2.24) is 10.5 Å². The van der Waals surface area contributed by atoms with Crippen LogP contribution in [0.25, 0.3) is 0 Å². The van der Waals surface area contributed by atoms with Crippen LogP contribution in [0.5, 0.6) is 0 Å². The van der Waals surface area contributed by atoms with Gasteiger partial charge in [-0.25, -0.2) is 15.3 Å². The number of hydroxylamine groups is 3. The first kappa shape index (κ1) is 8.29. The van der Waals surface area contributed by atoms with Gasteiger partial charge >= 0.3 is 6.03 Å². The predicted octanol–water partition coefficient (Wildman–Crippen LogP) is 0.285. The minimum Gasteiger partial charge on any atom is -0.275 e. The van der Waals surface area contributed by atoms with Crippen LogP contribution < -0.4 is 5.48 Å². The van der Waals surface area contributed by atoms with Gasteiger partial charge in [0, 0.05) is 0 Å². The molecule has 11 heavy (non-hydrogen) atoms. The fraction of sp³-hybridized carbons (Fsp3) is 0.833. The van der Waals surface area contributed by atoms with Gasteiger partial charge in [0.05, 0.1) is 20.3 Å². The molecule has 1 aliphatic heterocycles. The van der Waals surface area contributed by atoms with E-state index in [0.717, 1.165) is 12.8 Å². The summed E-state index contributed by atoms with van der Waals surface area (Å²) in [6.45, 7) is 1.24. The quantitative estimate of drug-likeness (QED) is 0.561. The Balaban J connectivity index is 2.27. The van der Waals surface area contributed by atoms with E-state index in [-0.39, 0.29) is 6.03 Å². The highest BCUT2D eigenvalue weighted by molar-refractivity contribution is 5.71. The molecule has 0 aromatic carbocycles. The number of hydrogen-bond donors (Lipinski definition) is 1. The maximum atomic E-state index is 11.0. The van der Waals surface area contributed by atoms with Gasteiger partial charge in [-0.2, -0.15) is 0 Å². The van der Waals surface area contributed by atoms with Crippen LogP contribution in [-0.4, -0.2) is 31.4 Å². The zero-order valence-electron chi connectivity index (χ0n) is 6.50. The molecule has 1 heterocycles. The SMILES string of the molecule is CONC(=O)N1CCCCO1. The van der Waals surface area contributed by atoms with Gasteiger partial charge in [-0.1, -0.05) is 0 Å². The van der Waals surface area contributed by atoms with E-state index in [1.807, 2.05) is 0 Å². The summed E-state index contributed by atoms with van der Waals surface area (Å²) in [5, 5.41) is 1.27. The molecule has 0 atom stereocenters. The zero-order valence-corrected chi connectivity index (χ0v) is 6.50. The van der Waals surface area contributed by atoms with Gasteiger partial charge in [-0.05, 0) is 12.8 Å². The first-order valence-electron chi connectivity index (χ1n) is 3.58. The van der Waals surface area contributed by atoms with E-state index in [1.54, 1.807) is 0 Å². The number of rotatable bonds is 1. The average molecular weight is 160 g/mol. The van der Waals surface area contributed by atoms with Gasteiger partial charge in [-0.3, -0.25) is 9.68 Å². The topological polar surface area (TPSA) is 50.8 Å². The van der Waals surface area contributed by atoms with Crippen molar-refractivity contribution in [3.05, 3.63) is 0 Å². The number of carbonyl (C=O) groups is 1. The van der Waals surface area contributed by atoms with Gasteiger partial charge in [0.1, 0.15) is 0 Å². The Morgan fingerprint density at radius 3 is 3.00 bits per heavy atom. The standard InChI is InChI=1S/C6H12N2O3/c1-10-7-6(9)8-4-2-3-5-11-8/h2-5H2,1H3,(H,7,9). The van der Waals surface area contributed by atoms with Gasteiger partial charge in [-0.15, -0.1) is 0 Å². The lowest BCUT2D eigenvalue weighted by molar-refractivity contribution is -0.146. The third-order valence-corrected chi connectivity index (χ3v) is 1.42. The molecule has 0 spiro atoms. The molecule has 0 saturated carbocycles. The minimum absolute atomic E-state index is 0.341. The predicted molar refractivity (Wildman–Crippen MR) is 37.4 cm³/mol. The van der Waals surface area contributed by atoms with Crippen molar-refractivity contribution in [2.24, 2.45) is 0 Å². The summed E-state index contributed by atoms with van der Waals surface area (Å²) in [6, 6.07) is -0.341. The summed E-state index contributed by atoms with van der Waals surface area (Å²) < 4.78 is 0. The van der Waals surface area contributed by atoms with Gasteiger partial charge < -0.3 is 0 Å². The first-order valence-corrected chi connectivity index (χ1v) is 3.58. The molecule has 0 aromatic rings. The number of hydrogen-bond acceptors (Lipinski definition) is 3. The Kier molecular flexibility index (Phi) is 3.13. The molecule has 0 aromatic heterocycles. The molecular formula is C6H12N2O3. The van der Waals surface area contributed by atoms with Crippen LogP contribution in [0.4, 0.5) is 4.79 Å². The van der Waals surface area contributed by atoms with Crippen LogP contribution in [0.2, 0.25) is 0 Å². The van der Waals surface area contributed by atoms with E-state index in [4.69, 9.17) is 4.84 Å². The Hall–Kier alpha value is -0.810. The monoisotopic (exact) mass is 160 g/mol. The van der Waals surface area contributed by atoms with Gasteiger partial charge in [0.2, 0.25) is 0 Å². The summed E-state index contributed by atoms with van der Waals surface area (Å²) in [5.41, 5.74) is 2.18. The van der Waals surface area contributed by atoms with E-state index in [1.165, 1.54) is 12.2 Å². The molecule has 0 unspecified atom stereocenters. The van der Waals surface area contributed by atoms with Crippen molar-refractivity contribution in [2.45, 2.75) is 12.8 Å². The molecule has 64 valence electrons. The number of nitrogens with one attached hydrogen (secondary N) is 1. The van der Waals surface area contributed by atoms with Crippen LogP contribution >= 0.6 is 0 Å². The van der Waals surface area contributed by atoms with Crippen molar-refractivity contribution in [1.29, 1.82) is 0 Å². The largest absolute Gasteiger partial charge is 0.365 e. The Morgan fingerprint density at radius 1 is 1.64 bits per heavy atom. The van der Waals surface area contributed by atoms with E-state index in [9.17, 15) is 4.79 Å². The Morgan fingerprint density at radius 2 is 2.45 bits per heavy atom. The molecule has 0 radical (unpaired) electrons. The molecule has 5 nitrogen and oxygen atoms in total. The molecule has 2 amide bonds. The number of nitrogens with zero attached hydrogens (tertiary/aromatic N) is 1. The summed E-state index contributed by atoms with van der Waals surface area (Å²) in [4.78, 5) is 20.4. The molecule has 1 aliphatic rings. The smallest absolute Gasteiger partial charge is 0.275 e. The summed E-state index contributed by atoms with van der Waals surface area (Å²) >= 11 is 0. The van der Waals surface area contributed by atoms with Crippen LogP contribution in [0, 0.1) is 0 Å². The van der Waals surface area contributed by atoms with Crippen LogP contribution in [0.15, 0.2) is 0 Å². The zero-order chi connectivity index (χ0) is 8.10. The lowest BCUT2D eigenvalue weighted by Crippen LogP contribution is -2.42. The second-order valence-corrected chi connectivity index (χ2v) is 2.25. The maximum absolute atomic E-state index is 11.0. The van der Waals surface area contributed by atoms with Crippen molar-refractivity contribution >= 4 is 6.03 Å². The second kappa shape index (κ2) is 4.15. The van der Waals surface area contributed by atoms with Crippen LogP contribution in [0.1, 0.15) is 12.8 Å². The van der Waals surface area contributed by atoms with Crippen LogP contribution in [0.3, 0.4) is 0 Å². The van der Waals surface area contributed by atoms with Crippen molar-refractivity contribution in [3.8, 4) is 0 Å². The first-order chi connectivity index (χ1) is 5.34. The Bertz CT molecular complexity index is 134. The van der Waals surface area contributed by atoms with Gasteiger partial charge in [0.15, 0.2) is 0 Å². The maximum Gasteiger partial charge on any atom is 0.365 e. The molecule has 1 rings (SSSR count). The molecule has 1 N–H and O–H groups in total. The third-order valence-electron chi connectivity index (χ3n) is 1.42. The number of amides is 2.